The van der Waals surface area contributed by atoms with Crippen LogP contribution in [0.25, 0.3) is 0 Å². The van der Waals surface area contributed by atoms with E-state index >= 15 is 0 Å². The maximum absolute atomic E-state index is 12.1. The summed E-state index contributed by atoms with van der Waals surface area (Å²) in [6, 6.07) is 2.52. The molecule has 1 aliphatic heterocycles. The summed E-state index contributed by atoms with van der Waals surface area (Å²) in [5.41, 5.74) is 0.958. The van der Waals surface area contributed by atoms with Crippen LogP contribution >= 0.6 is 11.3 Å². The molecule has 2 rings (SSSR count). The molecule has 0 aromatic carbocycles. The molecule has 1 amide bonds. The summed E-state index contributed by atoms with van der Waals surface area (Å²) in [4.78, 5) is 13.9. The van der Waals surface area contributed by atoms with Crippen molar-refractivity contribution in [2.24, 2.45) is 0 Å². The third kappa shape index (κ3) is 4.80. The molecule has 1 saturated heterocycles. The Bertz CT molecular complexity index is 426. The molecule has 2 heterocycles. The van der Waals surface area contributed by atoms with Crippen molar-refractivity contribution >= 4 is 17.4 Å². The number of nitrogens with zero attached hydrogens (tertiary/aromatic N) is 1. The average Bonchev–Trinajstić information content (AvgIpc) is 2.88. The van der Waals surface area contributed by atoms with Crippen LogP contribution in [0.2, 0.25) is 0 Å². The Kier molecular flexibility index (Phi) is 5.05. The first-order valence-electron chi connectivity index (χ1n) is 7.16. The predicted molar refractivity (Wildman–Crippen MR) is 82.2 cm³/mol. The largest absolute Gasteiger partial charge is 0.444 e. The zero-order valence-electron chi connectivity index (χ0n) is 12.5. The Labute approximate surface area is 125 Å². The van der Waals surface area contributed by atoms with E-state index in [9.17, 15) is 4.79 Å². The van der Waals surface area contributed by atoms with Crippen LogP contribution in [0, 0.1) is 0 Å². The number of ether oxygens (including phenoxy) is 1. The Morgan fingerprint density at radius 1 is 1.55 bits per heavy atom. The lowest BCUT2D eigenvalue weighted by Crippen LogP contribution is -2.53. The summed E-state index contributed by atoms with van der Waals surface area (Å²) < 4.78 is 5.44. The first kappa shape index (κ1) is 15.3. The van der Waals surface area contributed by atoms with Crippen LogP contribution in [-0.2, 0) is 11.2 Å². The van der Waals surface area contributed by atoms with Crippen molar-refractivity contribution in [3.63, 3.8) is 0 Å². The number of hydrogen-bond acceptors (Lipinski definition) is 4. The van der Waals surface area contributed by atoms with Gasteiger partial charge in [0.1, 0.15) is 5.60 Å². The van der Waals surface area contributed by atoms with E-state index in [0.717, 1.165) is 32.5 Å². The standard InChI is InChI=1S/C15H24N2O2S/c1-15(2,3)19-14(18)17-8-7-16-13(10-17)5-4-12-6-9-20-11-12/h6,9,11,13,16H,4-5,7-8,10H2,1-3H3. The molecule has 1 unspecified atom stereocenters. The van der Waals surface area contributed by atoms with Gasteiger partial charge in [-0.2, -0.15) is 11.3 Å². The van der Waals surface area contributed by atoms with E-state index in [1.807, 2.05) is 25.7 Å². The Hall–Kier alpha value is -1.07. The molecule has 1 aromatic rings. The van der Waals surface area contributed by atoms with Crippen LogP contribution < -0.4 is 5.32 Å². The monoisotopic (exact) mass is 296 g/mol. The van der Waals surface area contributed by atoms with Crippen molar-refractivity contribution in [3.8, 4) is 0 Å². The molecule has 4 nitrogen and oxygen atoms in total. The molecule has 1 aliphatic rings. The highest BCUT2D eigenvalue weighted by Crippen LogP contribution is 2.14. The van der Waals surface area contributed by atoms with Gasteiger partial charge in [-0.05, 0) is 56.0 Å². The average molecular weight is 296 g/mol. The minimum atomic E-state index is -0.422. The highest BCUT2D eigenvalue weighted by atomic mass is 32.1. The molecule has 5 heteroatoms. The van der Waals surface area contributed by atoms with Crippen LogP contribution in [0.1, 0.15) is 32.8 Å². The highest BCUT2D eigenvalue weighted by Gasteiger charge is 2.27. The zero-order valence-corrected chi connectivity index (χ0v) is 13.3. The van der Waals surface area contributed by atoms with Gasteiger partial charge in [-0.3, -0.25) is 0 Å². The number of nitrogens with one attached hydrogen (secondary N) is 1. The number of aryl methyl sites for hydroxylation is 1. The lowest BCUT2D eigenvalue weighted by molar-refractivity contribution is 0.0193. The second kappa shape index (κ2) is 6.59. The Balaban J connectivity index is 1.80. The fourth-order valence-electron chi connectivity index (χ4n) is 2.29. The Morgan fingerprint density at radius 2 is 2.35 bits per heavy atom. The third-order valence-corrected chi connectivity index (χ3v) is 4.00. The molecule has 0 radical (unpaired) electrons. The minimum absolute atomic E-state index is 0.195. The molecule has 1 fully saturated rings. The van der Waals surface area contributed by atoms with Crippen LogP contribution in [0.4, 0.5) is 4.79 Å². The van der Waals surface area contributed by atoms with Crippen molar-refractivity contribution in [1.82, 2.24) is 10.2 Å². The van der Waals surface area contributed by atoms with Gasteiger partial charge in [-0.25, -0.2) is 4.79 Å². The zero-order chi connectivity index (χ0) is 14.6. The van der Waals surface area contributed by atoms with Gasteiger partial charge in [0, 0.05) is 25.7 Å². The predicted octanol–water partition coefficient (Wildman–Crippen LogP) is 2.89. The second-order valence-corrected chi connectivity index (χ2v) is 7.03. The number of amides is 1. The second-order valence-electron chi connectivity index (χ2n) is 6.25. The number of piperazine rings is 1. The quantitative estimate of drug-likeness (QED) is 0.932. The molecule has 1 N–H and O–H groups in total. The van der Waals surface area contributed by atoms with Gasteiger partial charge in [0.2, 0.25) is 0 Å². The first-order chi connectivity index (χ1) is 9.44. The van der Waals surface area contributed by atoms with Crippen LogP contribution in [0.5, 0.6) is 0 Å². The normalized spacial score (nSPS) is 19.9. The van der Waals surface area contributed by atoms with Crippen molar-refractivity contribution < 1.29 is 9.53 Å². The summed E-state index contributed by atoms with van der Waals surface area (Å²) in [5, 5.41) is 7.78. The van der Waals surface area contributed by atoms with E-state index in [1.165, 1.54) is 5.56 Å². The lowest BCUT2D eigenvalue weighted by atomic mass is 10.1. The highest BCUT2D eigenvalue weighted by molar-refractivity contribution is 7.07. The van der Waals surface area contributed by atoms with Crippen molar-refractivity contribution in [3.05, 3.63) is 22.4 Å². The molecule has 0 aliphatic carbocycles. The van der Waals surface area contributed by atoms with Gasteiger partial charge in [0.15, 0.2) is 0 Å². The van der Waals surface area contributed by atoms with Gasteiger partial charge in [0.25, 0.3) is 0 Å². The fourth-order valence-corrected chi connectivity index (χ4v) is 2.99. The van der Waals surface area contributed by atoms with Gasteiger partial charge in [-0.15, -0.1) is 0 Å². The van der Waals surface area contributed by atoms with Gasteiger partial charge in [0.05, 0.1) is 0 Å². The summed E-state index contributed by atoms with van der Waals surface area (Å²) >= 11 is 1.73. The SMILES string of the molecule is CC(C)(C)OC(=O)N1CCNC(CCc2ccsc2)C1. The summed E-state index contributed by atoms with van der Waals surface area (Å²) in [6.45, 7) is 8.01. The van der Waals surface area contributed by atoms with E-state index in [1.54, 1.807) is 11.3 Å². The van der Waals surface area contributed by atoms with E-state index in [4.69, 9.17) is 4.74 Å². The maximum Gasteiger partial charge on any atom is 0.410 e. The van der Waals surface area contributed by atoms with E-state index < -0.39 is 5.60 Å². The third-order valence-electron chi connectivity index (χ3n) is 3.27. The molecular weight excluding hydrogens is 272 g/mol. The topological polar surface area (TPSA) is 41.6 Å². The number of carbonyl (C=O) groups excluding carboxylic acids is 1. The summed E-state index contributed by atoms with van der Waals surface area (Å²) in [5.74, 6) is 0. The lowest BCUT2D eigenvalue weighted by Gasteiger charge is -2.35. The molecule has 0 spiro atoms. The fraction of sp³-hybridized carbons (Fsp3) is 0.667. The smallest absolute Gasteiger partial charge is 0.410 e. The van der Waals surface area contributed by atoms with Gasteiger partial charge < -0.3 is 15.0 Å². The summed E-state index contributed by atoms with van der Waals surface area (Å²) in [6.07, 6.45) is 1.92. The van der Waals surface area contributed by atoms with E-state index in [-0.39, 0.29) is 6.09 Å². The Morgan fingerprint density at radius 3 is 3.00 bits per heavy atom. The molecular formula is C15H24N2O2S. The molecule has 0 bridgehead atoms. The van der Waals surface area contributed by atoms with E-state index in [2.05, 4.69) is 22.1 Å². The molecule has 1 atom stereocenters. The van der Waals surface area contributed by atoms with Crippen molar-refractivity contribution in [2.45, 2.75) is 45.3 Å². The van der Waals surface area contributed by atoms with Crippen LogP contribution in [0.3, 0.4) is 0 Å². The number of hydrogen-bond donors (Lipinski definition) is 1. The van der Waals surface area contributed by atoms with Crippen molar-refractivity contribution in [2.75, 3.05) is 19.6 Å². The molecule has 20 heavy (non-hydrogen) atoms. The van der Waals surface area contributed by atoms with E-state index in [0.29, 0.717) is 6.04 Å². The summed E-state index contributed by atoms with van der Waals surface area (Å²) in [7, 11) is 0. The molecule has 112 valence electrons. The molecule has 0 saturated carbocycles. The van der Waals surface area contributed by atoms with Gasteiger partial charge in [-0.1, -0.05) is 0 Å². The maximum atomic E-state index is 12.1. The van der Waals surface area contributed by atoms with Crippen molar-refractivity contribution in [1.29, 1.82) is 0 Å². The number of thiophene rings is 1. The van der Waals surface area contributed by atoms with Crippen LogP contribution in [0.15, 0.2) is 16.8 Å². The molecule has 1 aromatic heterocycles. The number of carbonyl (C=O) groups is 1. The minimum Gasteiger partial charge on any atom is -0.444 e. The first-order valence-corrected chi connectivity index (χ1v) is 8.11. The number of rotatable bonds is 3. The van der Waals surface area contributed by atoms with Gasteiger partial charge >= 0.3 is 6.09 Å². The van der Waals surface area contributed by atoms with Crippen LogP contribution in [-0.4, -0.2) is 42.3 Å².